The van der Waals surface area contributed by atoms with Crippen LogP contribution >= 0.6 is 24.8 Å². The Morgan fingerprint density at radius 2 is 2.20 bits per heavy atom. The van der Waals surface area contributed by atoms with Crippen molar-refractivity contribution in [2.45, 2.75) is 31.7 Å². The summed E-state index contributed by atoms with van der Waals surface area (Å²) in [5.74, 6) is 2.09. The Balaban J connectivity index is 0.000001000. The maximum absolute atomic E-state index is 4.41. The second-order valence-electron chi connectivity index (χ2n) is 5.76. The number of rotatable bonds is 3. The average Bonchev–Trinajstić information content (AvgIpc) is 2.82. The molecule has 116 valence electrons. The lowest BCUT2D eigenvalue weighted by Gasteiger charge is -2.41. The number of likely N-dealkylation sites (tertiary alicyclic amines) is 1. The van der Waals surface area contributed by atoms with Crippen LogP contribution in [0.1, 0.15) is 25.1 Å². The molecular weight excluding hydrogens is 295 g/mol. The smallest absolute Gasteiger partial charge is 0.109 e. The molecule has 1 N–H and O–H groups in total. The largest absolute Gasteiger partial charge is 0.338 e. The first-order chi connectivity index (χ1) is 8.83. The van der Waals surface area contributed by atoms with E-state index in [0.717, 1.165) is 24.9 Å². The number of piperidine rings is 2. The number of nitrogens with one attached hydrogen (secondary N) is 1. The van der Waals surface area contributed by atoms with Crippen LogP contribution in [0.15, 0.2) is 12.4 Å². The van der Waals surface area contributed by atoms with E-state index >= 15 is 0 Å². The molecule has 2 fully saturated rings. The van der Waals surface area contributed by atoms with Gasteiger partial charge >= 0.3 is 0 Å². The lowest BCUT2D eigenvalue weighted by molar-refractivity contribution is 0.115. The Morgan fingerprint density at radius 3 is 2.95 bits per heavy atom. The van der Waals surface area contributed by atoms with E-state index < -0.39 is 0 Å². The molecular formula is C14H26Cl2N4. The van der Waals surface area contributed by atoms with Gasteiger partial charge in [-0.2, -0.15) is 0 Å². The zero-order chi connectivity index (χ0) is 12.4. The molecule has 4 nitrogen and oxygen atoms in total. The van der Waals surface area contributed by atoms with E-state index in [-0.39, 0.29) is 24.8 Å². The van der Waals surface area contributed by atoms with E-state index in [1.807, 2.05) is 12.4 Å². The van der Waals surface area contributed by atoms with Gasteiger partial charge in [-0.1, -0.05) is 0 Å². The van der Waals surface area contributed by atoms with Crippen LogP contribution in [0.3, 0.4) is 0 Å². The molecule has 3 heterocycles. The highest BCUT2D eigenvalue weighted by Crippen LogP contribution is 2.24. The summed E-state index contributed by atoms with van der Waals surface area (Å²) < 4.78 is 2.13. The van der Waals surface area contributed by atoms with E-state index in [9.17, 15) is 0 Å². The first kappa shape index (κ1) is 17.8. The van der Waals surface area contributed by atoms with Crippen molar-refractivity contribution in [2.24, 2.45) is 13.0 Å². The van der Waals surface area contributed by atoms with Gasteiger partial charge in [0, 0.05) is 45.0 Å². The molecule has 20 heavy (non-hydrogen) atoms. The summed E-state index contributed by atoms with van der Waals surface area (Å²) >= 11 is 0. The van der Waals surface area contributed by atoms with Gasteiger partial charge in [0.2, 0.25) is 0 Å². The highest BCUT2D eigenvalue weighted by Gasteiger charge is 2.30. The molecule has 2 atom stereocenters. The van der Waals surface area contributed by atoms with E-state index in [2.05, 4.69) is 26.8 Å². The molecule has 6 heteroatoms. The van der Waals surface area contributed by atoms with Crippen LogP contribution in [0.25, 0.3) is 0 Å². The number of imidazole rings is 1. The Morgan fingerprint density at radius 1 is 1.35 bits per heavy atom. The van der Waals surface area contributed by atoms with Gasteiger partial charge in [-0.05, 0) is 38.3 Å². The Labute approximate surface area is 134 Å². The molecule has 0 aliphatic carbocycles. The van der Waals surface area contributed by atoms with Gasteiger partial charge in [-0.25, -0.2) is 4.98 Å². The normalized spacial score (nSPS) is 26.2. The molecule has 0 amide bonds. The number of hydrogen-bond donors (Lipinski definition) is 1. The van der Waals surface area contributed by atoms with Gasteiger partial charge in [0.15, 0.2) is 0 Å². The van der Waals surface area contributed by atoms with E-state index in [0.29, 0.717) is 0 Å². The van der Waals surface area contributed by atoms with Crippen LogP contribution in [0.4, 0.5) is 0 Å². The second kappa shape index (κ2) is 8.23. The predicted molar refractivity (Wildman–Crippen MR) is 87.0 cm³/mol. The molecule has 0 aromatic carbocycles. The second-order valence-corrected chi connectivity index (χ2v) is 5.76. The molecule has 3 rings (SSSR count). The lowest BCUT2D eigenvalue weighted by Crippen LogP contribution is -2.52. The molecule has 1 aromatic rings. The van der Waals surface area contributed by atoms with E-state index in [1.54, 1.807) is 0 Å². The fraction of sp³-hybridized carbons (Fsp3) is 0.786. The fourth-order valence-corrected chi connectivity index (χ4v) is 3.42. The minimum atomic E-state index is 0. The maximum atomic E-state index is 4.41. The quantitative estimate of drug-likeness (QED) is 0.923. The van der Waals surface area contributed by atoms with Crippen LogP contribution in [-0.2, 0) is 13.5 Å². The highest BCUT2D eigenvalue weighted by molar-refractivity contribution is 5.85. The van der Waals surface area contributed by atoms with Crippen LogP contribution < -0.4 is 5.32 Å². The standard InChI is InChI=1S/C14H24N4.2ClH/c1-17-10-7-16-14(17)5-9-18-8-4-13-12(11-18)3-2-6-15-13;;/h7,10,12-13,15H,2-6,8-9,11H2,1H3;2*1H/t12-,13+;;/m1../s1. The number of aryl methyl sites for hydroxylation is 1. The average molecular weight is 321 g/mol. The van der Waals surface area contributed by atoms with Crippen LogP contribution in [-0.4, -0.2) is 46.7 Å². The van der Waals surface area contributed by atoms with Gasteiger partial charge in [0.1, 0.15) is 5.82 Å². The van der Waals surface area contributed by atoms with Gasteiger partial charge in [0.25, 0.3) is 0 Å². The molecule has 0 unspecified atom stereocenters. The number of halogens is 2. The minimum Gasteiger partial charge on any atom is -0.338 e. The summed E-state index contributed by atoms with van der Waals surface area (Å²) in [6.07, 6.45) is 9.10. The minimum absolute atomic E-state index is 0. The summed E-state index contributed by atoms with van der Waals surface area (Å²) in [6, 6.07) is 0.795. The van der Waals surface area contributed by atoms with Gasteiger partial charge < -0.3 is 14.8 Å². The Hall–Kier alpha value is -0.290. The topological polar surface area (TPSA) is 33.1 Å². The van der Waals surface area contributed by atoms with Crippen molar-refractivity contribution in [2.75, 3.05) is 26.2 Å². The molecule has 0 saturated carbocycles. The summed E-state index contributed by atoms with van der Waals surface area (Å²) in [5, 5.41) is 3.68. The van der Waals surface area contributed by atoms with Crippen molar-refractivity contribution in [1.82, 2.24) is 19.8 Å². The molecule has 2 saturated heterocycles. The van der Waals surface area contributed by atoms with Gasteiger partial charge in [-0.15, -0.1) is 24.8 Å². The first-order valence-corrected chi connectivity index (χ1v) is 7.25. The SMILES string of the molecule is Cl.Cl.Cn1ccnc1CCN1CC[C@@H]2NCCC[C@@H]2C1. The number of hydrogen-bond acceptors (Lipinski definition) is 3. The van der Waals surface area contributed by atoms with Crippen molar-refractivity contribution >= 4 is 24.8 Å². The summed E-state index contributed by atoms with van der Waals surface area (Å²) in [7, 11) is 2.08. The highest BCUT2D eigenvalue weighted by atomic mass is 35.5. The summed E-state index contributed by atoms with van der Waals surface area (Å²) in [5.41, 5.74) is 0. The van der Waals surface area contributed by atoms with Crippen molar-refractivity contribution < 1.29 is 0 Å². The zero-order valence-electron chi connectivity index (χ0n) is 12.1. The van der Waals surface area contributed by atoms with Crippen molar-refractivity contribution in [1.29, 1.82) is 0 Å². The monoisotopic (exact) mass is 320 g/mol. The molecule has 0 bridgehead atoms. The van der Waals surface area contributed by atoms with Crippen LogP contribution in [0, 0.1) is 5.92 Å². The molecule has 2 aliphatic heterocycles. The van der Waals surface area contributed by atoms with Crippen LogP contribution in [0.2, 0.25) is 0 Å². The van der Waals surface area contributed by atoms with Crippen molar-refractivity contribution in [3.8, 4) is 0 Å². The van der Waals surface area contributed by atoms with Crippen molar-refractivity contribution in [3.63, 3.8) is 0 Å². The third-order valence-electron chi connectivity index (χ3n) is 4.55. The van der Waals surface area contributed by atoms with E-state index in [1.165, 1.54) is 44.7 Å². The molecule has 0 spiro atoms. The summed E-state index contributed by atoms with van der Waals surface area (Å²) in [6.45, 7) is 4.92. The fourth-order valence-electron chi connectivity index (χ4n) is 3.42. The van der Waals surface area contributed by atoms with Gasteiger partial charge in [0.05, 0.1) is 0 Å². The molecule has 2 aliphatic rings. The molecule has 1 aromatic heterocycles. The number of aromatic nitrogens is 2. The van der Waals surface area contributed by atoms with Crippen LogP contribution in [0.5, 0.6) is 0 Å². The number of fused-ring (bicyclic) bond motifs is 1. The maximum Gasteiger partial charge on any atom is 0.109 e. The number of nitrogens with zero attached hydrogens (tertiary/aromatic N) is 3. The zero-order valence-corrected chi connectivity index (χ0v) is 13.8. The first-order valence-electron chi connectivity index (χ1n) is 7.25. The summed E-state index contributed by atoms with van der Waals surface area (Å²) in [4.78, 5) is 7.03. The lowest BCUT2D eigenvalue weighted by atomic mass is 9.85. The predicted octanol–water partition coefficient (Wildman–Crippen LogP) is 1.88. The molecule has 0 radical (unpaired) electrons. The van der Waals surface area contributed by atoms with Gasteiger partial charge in [-0.3, -0.25) is 0 Å². The van der Waals surface area contributed by atoms with E-state index in [4.69, 9.17) is 0 Å². The van der Waals surface area contributed by atoms with Crippen molar-refractivity contribution in [3.05, 3.63) is 18.2 Å². The third-order valence-corrected chi connectivity index (χ3v) is 4.55. The Bertz CT molecular complexity index is 396. The Kier molecular flexibility index (Phi) is 7.30. The third kappa shape index (κ3) is 4.10.